The van der Waals surface area contributed by atoms with Gasteiger partial charge in [0.05, 0.1) is 0 Å². The van der Waals surface area contributed by atoms with Gasteiger partial charge in [-0.25, -0.2) is 0 Å². The third-order valence-electron chi connectivity index (χ3n) is 2.91. The number of nitrogens with zero attached hydrogens (tertiary/aromatic N) is 3. The number of aryl methyl sites for hydroxylation is 2. The van der Waals surface area contributed by atoms with Crippen LogP contribution in [0, 0.1) is 0 Å². The summed E-state index contributed by atoms with van der Waals surface area (Å²) in [5.74, 6) is 0.0280. The molecule has 0 saturated carbocycles. The molecule has 4 heteroatoms. The summed E-state index contributed by atoms with van der Waals surface area (Å²) in [6.45, 7) is 4.86. The number of carbonyl (C=O) groups is 1. The van der Waals surface area contributed by atoms with Crippen LogP contribution in [-0.2, 0) is 13.0 Å². The van der Waals surface area contributed by atoms with E-state index in [1.54, 1.807) is 35.4 Å². The molecule has 2 aromatic rings. The van der Waals surface area contributed by atoms with Gasteiger partial charge >= 0.3 is 0 Å². The summed E-state index contributed by atoms with van der Waals surface area (Å²) >= 11 is 0. The summed E-state index contributed by atoms with van der Waals surface area (Å²) < 4.78 is 1.77. The number of hydrogen-bond donors (Lipinski definition) is 0. The van der Waals surface area contributed by atoms with E-state index < -0.39 is 0 Å². The minimum Gasteiger partial charge on any atom is -0.287 e. The third kappa shape index (κ3) is 2.32. The van der Waals surface area contributed by atoms with Crippen molar-refractivity contribution in [2.24, 2.45) is 0 Å². The molecule has 0 aliphatic carbocycles. The molecule has 4 nitrogen and oxygen atoms in total. The van der Waals surface area contributed by atoms with Crippen LogP contribution in [-0.4, -0.2) is 20.5 Å². The topological polar surface area (TPSA) is 47.8 Å². The Bertz CT molecular complexity index is 545. The highest BCUT2D eigenvalue weighted by Gasteiger charge is 2.16. The minimum absolute atomic E-state index is 0.0280. The van der Waals surface area contributed by atoms with Gasteiger partial charge in [0.1, 0.15) is 5.69 Å². The van der Waals surface area contributed by atoms with Crippen molar-refractivity contribution in [2.45, 2.75) is 33.2 Å². The SMILES string of the molecule is CCCn1nccc1C(=O)c1ccncc1CC. The first-order valence-corrected chi connectivity index (χ1v) is 6.27. The van der Waals surface area contributed by atoms with E-state index in [1.165, 1.54) is 0 Å². The molecule has 2 aromatic heterocycles. The Morgan fingerprint density at radius 1 is 1.28 bits per heavy atom. The monoisotopic (exact) mass is 243 g/mol. The van der Waals surface area contributed by atoms with Gasteiger partial charge in [-0.3, -0.25) is 14.5 Å². The lowest BCUT2D eigenvalue weighted by Gasteiger charge is -2.08. The summed E-state index contributed by atoms with van der Waals surface area (Å²) in [6, 6.07) is 3.56. The lowest BCUT2D eigenvalue weighted by molar-refractivity contribution is 0.102. The van der Waals surface area contributed by atoms with Crippen LogP contribution in [0.1, 0.15) is 41.9 Å². The molecule has 0 amide bonds. The fraction of sp³-hybridized carbons (Fsp3) is 0.357. The smallest absolute Gasteiger partial charge is 0.211 e. The number of carbonyl (C=O) groups excluding carboxylic acids is 1. The van der Waals surface area contributed by atoms with Gasteiger partial charge in [0, 0.05) is 30.7 Å². The number of hydrogen-bond acceptors (Lipinski definition) is 3. The van der Waals surface area contributed by atoms with E-state index in [2.05, 4.69) is 17.0 Å². The van der Waals surface area contributed by atoms with Crippen LogP contribution in [0.5, 0.6) is 0 Å². The van der Waals surface area contributed by atoms with Crippen LogP contribution in [0.4, 0.5) is 0 Å². The van der Waals surface area contributed by atoms with Gasteiger partial charge in [-0.15, -0.1) is 0 Å². The van der Waals surface area contributed by atoms with Crippen molar-refractivity contribution < 1.29 is 4.79 Å². The van der Waals surface area contributed by atoms with Crippen molar-refractivity contribution in [1.82, 2.24) is 14.8 Å². The average molecular weight is 243 g/mol. The summed E-state index contributed by atoms with van der Waals surface area (Å²) in [7, 11) is 0. The molecule has 2 rings (SSSR count). The molecule has 0 aliphatic rings. The van der Waals surface area contributed by atoms with Gasteiger partial charge in [-0.1, -0.05) is 13.8 Å². The Hall–Kier alpha value is -1.97. The number of aromatic nitrogens is 3. The number of rotatable bonds is 5. The van der Waals surface area contributed by atoms with Gasteiger partial charge in [0.15, 0.2) is 0 Å². The van der Waals surface area contributed by atoms with Crippen LogP contribution in [0.2, 0.25) is 0 Å². The average Bonchev–Trinajstić information content (AvgIpc) is 2.86. The van der Waals surface area contributed by atoms with Gasteiger partial charge < -0.3 is 0 Å². The molecule has 0 N–H and O–H groups in total. The molecule has 0 radical (unpaired) electrons. The largest absolute Gasteiger partial charge is 0.287 e. The van der Waals surface area contributed by atoms with Gasteiger partial charge in [-0.2, -0.15) is 5.10 Å². The second kappa shape index (κ2) is 5.58. The van der Waals surface area contributed by atoms with E-state index in [-0.39, 0.29) is 5.78 Å². The minimum atomic E-state index is 0.0280. The zero-order valence-electron chi connectivity index (χ0n) is 10.8. The van der Waals surface area contributed by atoms with Crippen molar-refractivity contribution >= 4 is 5.78 Å². The molecule has 94 valence electrons. The van der Waals surface area contributed by atoms with E-state index in [1.807, 2.05) is 6.92 Å². The molecule has 0 bridgehead atoms. The lowest BCUT2D eigenvalue weighted by atomic mass is 10.0. The molecule has 0 fully saturated rings. The van der Waals surface area contributed by atoms with E-state index in [4.69, 9.17) is 0 Å². The van der Waals surface area contributed by atoms with Crippen LogP contribution in [0.3, 0.4) is 0 Å². The Morgan fingerprint density at radius 3 is 2.83 bits per heavy atom. The van der Waals surface area contributed by atoms with E-state index in [0.29, 0.717) is 5.69 Å². The van der Waals surface area contributed by atoms with E-state index in [9.17, 15) is 4.79 Å². The molecule has 0 spiro atoms. The maximum Gasteiger partial charge on any atom is 0.211 e. The molecular weight excluding hydrogens is 226 g/mol. The summed E-state index contributed by atoms with van der Waals surface area (Å²) in [4.78, 5) is 16.6. The Morgan fingerprint density at radius 2 is 2.11 bits per heavy atom. The third-order valence-corrected chi connectivity index (χ3v) is 2.91. The highest BCUT2D eigenvalue weighted by molar-refractivity contribution is 6.08. The molecule has 2 heterocycles. The Kier molecular flexibility index (Phi) is 3.87. The normalized spacial score (nSPS) is 10.6. The fourth-order valence-corrected chi connectivity index (χ4v) is 1.98. The maximum atomic E-state index is 12.5. The second-order valence-electron chi connectivity index (χ2n) is 4.16. The summed E-state index contributed by atoms with van der Waals surface area (Å²) in [6.07, 6.45) is 6.85. The fourth-order valence-electron chi connectivity index (χ4n) is 1.98. The van der Waals surface area contributed by atoms with Gasteiger partial charge in [0.25, 0.3) is 0 Å². The van der Waals surface area contributed by atoms with E-state index >= 15 is 0 Å². The highest BCUT2D eigenvalue weighted by atomic mass is 16.1. The molecule has 18 heavy (non-hydrogen) atoms. The zero-order chi connectivity index (χ0) is 13.0. The maximum absolute atomic E-state index is 12.5. The van der Waals surface area contributed by atoms with Crippen LogP contribution < -0.4 is 0 Å². The standard InChI is InChI=1S/C14H17N3O/c1-3-9-17-13(6-8-16-17)14(18)12-5-7-15-10-11(12)4-2/h5-8,10H,3-4,9H2,1-2H3. The van der Waals surface area contributed by atoms with Crippen molar-refractivity contribution in [2.75, 3.05) is 0 Å². The predicted octanol–water partition coefficient (Wildman–Crippen LogP) is 2.48. The van der Waals surface area contributed by atoms with Crippen LogP contribution >= 0.6 is 0 Å². The molecule has 0 atom stereocenters. The molecular formula is C14H17N3O. The molecule has 0 aromatic carbocycles. The van der Waals surface area contributed by atoms with Crippen molar-refractivity contribution in [3.8, 4) is 0 Å². The number of pyridine rings is 1. The van der Waals surface area contributed by atoms with Crippen molar-refractivity contribution in [3.63, 3.8) is 0 Å². The Balaban J connectivity index is 2.38. The van der Waals surface area contributed by atoms with Crippen molar-refractivity contribution in [3.05, 3.63) is 47.5 Å². The highest BCUT2D eigenvalue weighted by Crippen LogP contribution is 2.14. The van der Waals surface area contributed by atoms with Gasteiger partial charge in [-0.05, 0) is 30.5 Å². The van der Waals surface area contributed by atoms with Gasteiger partial charge in [0.2, 0.25) is 5.78 Å². The quantitative estimate of drug-likeness (QED) is 0.758. The first kappa shape index (κ1) is 12.5. The van der Waals surface area contributed by atoms with E-state index in [0.717, 1.165) is 30.5 Å². The Labute approximate surface area is 107 Å². The van der Waals surface area contributed by atoms with Crippen molar-refractivity contribution in [1.29, 1.82) is 0 Å². The zero-order valence-corrected chi connectivity index (χ0v) is 10.8. The molecule has 0 unspecified atom stereocenters. The lowest BCUT2D eigenvalue weighted by Crippen LogP contribution is -2.13. The number of ketones is 1. The first-order chi connectivity index (χ1) is 8.77. The van der Waals surface area contributed by atoms with Crippen LogP contribution in [0.25, 0.3) is 0 Å². The summed E-state index contributed by atoms with van der Waals surface area (Å²) in [5, 5.41) is 4.19. The summed E-state index contributed by atoms with van der Waals surface area (Å²) in [5.41, 5.74) is 2.36. The van der Waals surface area contributed by atoms with Crippen LogP contribution in [0.15, 0.2) is 30.7 Å². The predicted molar refractivity (Wildman–Crippen MR) is 69.6 cm³/mol. The second-order valence-corrected chi connectivity index (χ2v) is 4.16. The molecule has 0 saturated heterocycles. The first-order valence-electron chi connectivity index (χ1n) is 6.27. The molecule has 0 aliphatic heterocycles.